The molecule has 21 heavy (non-hydrogen) atoms. The normalized spacial score (nSPS) is 19.8. The molecule has 0 spiro atoms. The molecule has 1 unspecified atom stereocenters. The van der Waals surface area contributed by atoms with E-state index in [2.05, 4.69) is 15.9 Å². The summed E-state index contributed by atoms with van der Waals surface area (Å²) in [5, 5.41) is 10.7. The molecule has 1 aromatic carbocycles. The van der Waals surface area contributed by atoms with Gasteiger partial charge in [0.05, 0.1) is 10.6 Å². The maximum atomic E-state index is 14.1. The topological polar surface area (TPSA) is 23.5 Å². The lowest BCUT2D eigenvalue weighted by atomic mass is 9.75. The van der Waals surface area contributed by atoms with Crippen LogP contribution in [-0.2, 0) is 6.42 Å². The lowest BCUT2D eigenvalue weighted by Gasteiger charge is -2.46. The fraction of sp³-hybridized carbons (Fsp3) is 0.625. The standard InChI is InChI=1S/C16H22BrF2NO/c1-20(2)16(8-4-3-5-9-16)14(21)10-11-13(18)7-6-12(17)15(11)19/h6-7,14,21H,3-5,8-10H2,1-2H3. The number of aliphatic hydroxyl groups excluding tert-OH is 1. The highest BCUT2D eigenvalue weighted by Gasteiger charge is 2.41. The van der Waals surface area contributed by atoms with Crippen molar-refractivity contribution < 1.29 is 13.9 Å². The van der Waals surface area contributed by atoms with E-state index in [1.807, 2.05) is 19.0 Å². The van der Waals surface area contributed by atoms with Crippen LogP contribution in [0.4, 0.5) is 8.78 Å². The number of likely N-dealkylation sites (N-methyl/N-ethyl adjacent to an activating group) is 1. The molecule has 0 heterocycles. The average molecular weight is 362 g/mol. The van der Waals surface area contributed by atoms with Crippen LogP contribution < -0.4 is 0 Å². The van der Waals surface area contributed by atoms with E-state index in [0.717, 1.165) is 32.1 Å². The number of rotatable bonds is 4. The molecule has 0 aliphatic heterocycles. The van der Waals surface area contributed by atoms with Crippen LogP contribution in [0, 0.1) is 11.6 Å². The maximum Gasteiger partial charge on any atom is 0.143 e. The van der Waals surface area contributed by atoms with Gasteiger partial charge in [-0.05, 0) is 55.0 Å². The Bertz CT molecular complexity index is 501. The summed E-state index contributed by atoms with van der Waals surface area (Å²) < 4.78 is 28.2. The van der Waals surface area contributed by atoms with Gasteiger partial charge in [-0.25, -0.2) is 8.78 Å². The first-order valence-corrected chi connectivity index (χ1v) is 8.15. The van der Waals surface area contributed by atoms with Gasteiger partial charge in [0.25, 0.3) is 0 Å². The first-order valence-electron chi connectivity index (χ1n) is 7.36. The zero-order chi connectivity index (χ0) is 15.6. The van der Waals surface area contributed by atoms with Crippen LogP contribution in [0.2, 0.25) is 0 Å². The monoisotopic (exact) mass is 361 g/mol. The molecule has 118 valence electrons. The molecule has 2 nitrogen and oxygen atoms in total. The molecule has 2 rings (SSSR count). The van der Waals surface area contributed by atoms with Crippen LogP contribution in [0.25, 0.3) is 0 Å². The van der Waals surface area contributed by atoms with Crippen molar-refractivity contribution in [2.24, 2.45) is 0 Å². The van der Waals surface area contributed by atoms with Gasteiger partial charge in [-0.15, -0.1) is 0 Å². The third-order valence-electron chi connectivity index (χ3n) is 4.77. The zero-order valence-corrected chi connectivity index (χ0v) is 14.1. The lowest BCUT2D eigenvalue weighted by Crippen LogP contribution is -2.55. The van der Waals surface area contributed by atoms with E-state index in [1.54, 1.807) is 0 Å². The van der Waals surface area contributed by atoms with Gasteiger partial charge < -0.3 is 10.0 Å². The van der Waals surface area contributed by atoms with Crippen LogP contribution in [0.1, 0.15) is 37.7 Å². The molecule has 1 saturated carbocycles. The van der Waals surface area contributed by atoms with Crippen molar-refractivity contribution in [2.45, 2.75) is 50.2 Å². The van der Waals surface area contributed by atoms with E-state index in [4.69, 9.17) is 0 Å². The smallest absolute Gasteiger partial charge is 0.143 e. The highest BCUT2D eigenvalue weighted by Crippen LogP contribution is 2.37. The SMILES string of the molecule is CN(C)C1(C(O)Cc2c(F)ccc(Br)c2F)CCCCC1. The second kappa shape index (κ2) is 6.71. The van der Waals surface area contributed by atoms with E-state index in [0.29, 0.717) is 0 Å². The maximum absolute atomic E-state index is 14.1. The van der Waals surface area contributed by atoms with E-state index < -0.39 is 17.7 Å². The van der Waals surface area contributed by atoms with Gasteiger partial charge in [0.15, 0.2) is 0 Å². The van der Waals surface area contributed by atoms with Crippen LogP contribution in [0.3, 0.4) is 0 Å². The summed E-state index contributed by atoms with van der Waals surface area (Å²) in [5.74, 6) is -1.21. The first kappa shape index (κ1) is 16.8. The molecular formula is C16H22BrF2NO. The Morgan fingerprint density at radius 2 is 1.86 bits per heavy atom. The summed E-state index contributed by atoms with van der Waals surface area (Å²) >= 11 is 3.07. The second-order valence-electron chi connectivity index (χ2n) is 6.10. The molecule has 0 amide bonds. The number of hydrogen-bond donors (Lipinski definition) is 1. The molecule has 1 aromatic rings. The van der Waals surface area contributed by atoms with Gasteiger partial charge in [-0.3, -0.25) is 0 Å². The number of aliphatic hydroxyl groups is 1. The Hall–Kier alpha value is -0.520. The molecule has 1 fully saturated rings. The van der Waals surface area contributed by atoms with Crippen molar-refractivity contribution in [3.63, 3.8) is 0 Å². The third kappa shape index (κ3) is 3.30. The van der Waals surface area contributed by atoms with Crippen molar-refractivity contribution >= 4 is 15.9 Å². The second-order valence-corrected chi connectivity index (χ2v) is 6.95. The van der Waals surface area contributed by atoms with Gasteiger partial charge >= 0.3 is 0 Å². The lowest BCUT2D eigenvalue weighted by molar-refractivity contribution is -0.0317. The Kier molecular flexibility index (Phi) is 5.38. The molecule has 1 aliphatic rings. The van der Waals surface area contributed by atoms with Gasteiger partial charge in [-0.2, -0.15) is 0 Å². The Morgan fingerprint density at radius 3 is 2.43 bits per heavy atom. The fourth-order valence-corrected chi connectivity index (χ4v) is 3.75. The minimum Gasteiger partial charge on any atom is -0.391 e. The molecule has 0 radical (unpaired) electrons. The molecule has 1 aliphatic carbocycles. The van der Waals surface area contributed by atoms with Crippen molar-refractivity contribution in [1.29, 1.82) is 0 Å². The number of benzene rings is 1. The predicted octanol–water partition coefficient (Wildman–Crippen LogP) is 3.90. The Morgan fingerprint density at radius 1 is 1.24 bits per heavy atom. The minimum atomic E-state index is -0.786. The summed E-state index contributed by atoms with van der Waals surface area (Å²) in [6.07, 6.45) is 4.16. The molecule has 5 heteroatoms. The van der Waals surface area contributed by atoms with E-state index >= 15 is 0 Å². The molecule has 0 bridgehead atoms. The molecular weight excluding hydrogens is 340 g/mol. The quantitative estimate of drug-likeness (QED) is 0.822. The number of nitrogens with zero attached hydrogens (tertiary/aromatic N) is 1. The highest BCUT2D eigenvalue weighted by atomic mass is 79.9. The van der Waals surface area contributed by atoms with Crippen LogP contribution >= 0.6 is 15.9 Å². The highest BCUT2D eigenvalue weighted by molar-refractivity contribution is 9.10. The Balaban J connectivity index is 2.27. The first-order chi connectivity index (χ1) is 9.88. The van der Waals surface area contributed by atoms with Crippen LogP contribution in [0.5, 0.6) is 0 Å². The van der Waals surface area contributed by atoms with E-state index in [-0.39, 0.29) is 22.0 Å². The molecule has 0 saturated heterocycles. The Labute approximate surface area is 133 Å². The van der Waals surface area contributed by atoms with Crippen molar-refractivity contribution in [2.75, 3.05) is 14.1 Å². The summed E-state index contributed by atoms with van der Waals surface area (Å²) in [7, 11) is 3.87. The number of hydrogen-bond acceptors (Lipinski definition) is 2. The summed E-state index contributed by atoms with van der Waals surface area (Å²) in [4.78, 5) is 2.02. The fourth-order valence-electron chi connectivity index (χ4n) is 3.38. The summed E-state index contributed by atoms with van der Waals surface area (Å²) in [6, 6.07) is 2.58. The van der Waals surface area contributed by atoms with Gasteiger partial charge in [-0.1, -0.05) is 19.3 Å². The van der Waals surface area contributed by atoms with Crippen LogP contribution in [-0.4, -0.2) is 35.7 Å². The molecule has 1 N–H and O–H groups in total. The van der Waals surface area contributed by atoms with E-state index in [9.17, 15) is 13.9 Å². The predicted molar refractivity (Wildman–Crippen MR) is 83.3 cm³/mol. The van der Waals surface area contributed by atoms with Crippen molar-refractivity contribution in [3.05, 3.63) is 33.8 Å². The molecule has 1 atom stereocenters. The largest absolute Gasteiger partial charge is 0.391 e. The summed E-state index contributed by atoms with van der Waals surface area (Å²) in [5.41, 5.74) is -0.428. The average Bonchev–Trinajstić information content (AvgIpc) is 2.48. The van der Waals surface area contributed by atoms with Crippen LogP contribution in [0.15, 0.2) is 16.6 Å². The number of halogens is 3. The van der Waals surface area contributed by atoms with Gasteiger partial charge in [0.1, 0.15) is 11.6 Å². The van der Waals surface area contributed by atoms with Gasteiger partial charge in [0.2, 0.25) is 0 Å². The zero-order valence-electron chi connectivity index (χ0n) is 12.5. The molecule has 0 aromatic heterocycles. The van der Waals surface area contributed by atoms with Crippen molar-refractivity contribution in [1.82, 2.24) is 4.90 Å². The minimum absolute atomic E-state index is 0.00468. The van der Waals surface area contributed by atoms with Crippen molar-refractivity contribution in [3.8, 4) is 0 Å². The summed E-state index contributed by atoms with van der Waals surface area (Å²) in [6.45, 7) is 0. The van der Waals surface area contributed by atoms with Gasteiger partial charge in [0, 0.05) is 17.5 Å². The third-order valence-corrected chi connectivity index (χ3v) is 5.38. The van der Waals surface area contributed by atoms with E-state index in [1.165, 1.54) is 12.1 Å².